The van der Waals surface area contributed by atoms with Crippen LogP contribution in [0, 0.1) is 6.07 Å². The molecule has 2 aromatic carbocycles. The zero-order valence-electron chi connectivity index (χ0n) is 14.1. The average Bonchev–Trinajstić information content (AvgIpc) is 2.64. The van der Waals surface area contributed by atoms with Crippen molar-refractivity contribution in [3.05, 3.63) is 59.8 Å². The van der Waals surface area contributed by atoms with Crippen LogP contribution in [0.1, 0.15) is 11.1 Å². The van der Waals surface area contributed by atoms with E-state index in [4.69, 9.17) is 20.9 Å². The van der Waals surface area contributed by atoms with Gasteiger partial charge in [-0.3, -0.25) is 0 Å². The van der Waals surface area contributed by atoms with Crippen LogP contribution in [0.5, 0.6) is 11.5 Å². The minimum Gasteiger partial charge on any atom is -0.493 e. The Balaban J connectivity index is 2.08. The highest BCUT2D eigenvalue weighted by molar-refractivity contribution is 5.75. The number of nitrogens with two attached hydrogens (primary N) is 2. The monoisotopic (exact) mass is 335 g/mol. The van der Waals surface area contributed by atoms with Gasteiger partial charge in [0.15, 0.2) is 11.5 Å². The molecule has 0 aliphatic rings. The Labute approximate surface area is 146 Å². The maximum absolute atomic E-state index is 5.95. The molecule has 3 rings (SSSR count). The number of aromatic nitrogens is 2. The van der Waals surface area contributed by atoms with Gasteiger partial charge in [0.1, 0.15) is 5.82 Å². The lowest BCUT2D eigenvalue weighted by Crippen LogP contribution is -2.04. The van der Waals surface area contributed by atoms with E-state index in [-0.39, 0.29) is 5.95 Å². The van der Waals surface area contributed by atoms with E-state index in [9.17, 15) is 0 Å². The van der Waals surface area contributed by atoms with Gasteiger partial charge in [-0.1, -0.05) is 24.3 Å². The van der Waals surface area contributed by atoms with Crippen LogP contribution < -0.4 is 20.9 Å². The number of hydrogen-bond acceptors (Lipinski definition) is 6. The standard InChI is InChI=1S/C19H19N4O2/c1-24-16-10-12(8-14-11-22-19(21)23-18(14)20)9-15(17(16)25-2)13-6-4-3-5-7-13/h4-7,9-11H,8H2,1-2H3,(H4,20,21,22,23). The van der Waals surface area contributed by atoms with Crippen LogP contribution in [-0.4, -0.2) is 24.2 Å². The third-order valence-electron chi connectivity index (χ3n) is 3.88. The van der Waals surface area contributed by atoms with Gasteiger partial charge in [-0.15, -0.1) is 0 Å². The quantitative estimate of drug-likeness (QED) is 0.744. The number of benzene rings is 2. The number of methoxy groups -OCH3 is 2. The number of nitrogen functional groups attached to an aromatic ring is 2. The molecule has 0 saturated carbocycles. The number of hydrogen-bond donors (Lipinski definition) is 2. The van der Waals surface area contributed by atoms with Crippen LogP contribution in [0.15, 0.2) is 42.6 Å². The molecule has 3 aromatic rings. The van der Waals surface area contributed by atoms with Crippen molar-refractivity contribution in [2.45, 2.75) is 6.42 Å². The van der Waals surface area contributed by atoms with Gasteiger partial charge in [0.25, 0.3) is 0 Å². The molecule has 4 N–H and O–H groups in total. The highest BCUT2D eigenvalue weighted by atomic mass is 16.5. The molecule has 6 nitrogen and oxygen atoms in total. The molecule has 1 radical (unpaired) electrons. The molecule has 1 heterocycles. The van der Waals surface area contributed by atoms with Gasteiger partial charge >= 0.3 is 0 Å². The highest BCUT2D eigenvalue weighted by Gasteiger charge is 2.15. The zero-order chi connectivity index (χ0) is 17.8. The van der Waals surface area contributed by atoms with Crippen LogP contribution in [-0.2, 0) is 6.42 Å². The lowest BCUT2D eigenvalue weighted by atomic mass is 9.98. The summed E-state index contributed by atoms with van der Waals surface area (Å²) in [6, 6.07) is 14.7. The predicted octanol–water partition coefficient (Wildman–Crippen LogP) is 2.72. The van der Waals surface area contributed by atoms with E-state index in [1.165, 1.54) is 0 Å². The SMILES string of the molecule is COc1cc(Cc2cnc(N)nc2N)cc(-c2cc[c]cc2)c1OC. The first-order valence-electron chi connectivity index (χ1n) is 7.70. The molecule has 1 aromatic heterocycles. The Morgan fingerprint density at radius 3 is 2.48 bits per heavy atom. The van der Waals surface area contributed by atoms with Gasteiger partial charge in [0.2, 0.25) is 5.95 Å². The third kappa shape index (κ3) is 3.47. The van der Waals surface area contributed by atoms with Crippen molar-refractivity contribution in [3.63, 3.8) is 0 Å². The first kappa shape index (κ1) is 16.6. The van der Waals surface area contributed by atoms with Crippen molar-refractivity contribution in [2.24, 2.45) is 0 Å². The minimum absolute atomic E-state index is 0.162. The summed E-state index contributed by atoms with van der Waals surface area (Å²) in [5.41, 5.74) is 15.3. The molecule has 0 spiro atoms. The van der Waals surface area contributed by atoms with Crippen LogP contribution in [0.25, 0.3) is 11.1 Å². The fourth-order valence-corrected chi connectivity index (χ4v) is 2.69. The first-order chi connectivity index (χ1) is 12.1. The molecule has 0 saturated heterocycles. The molecular weight excluding hydrogens is 316 g/mol. The molecule has 0 aliphatic carbocycles. The lowest BCUT2D eigenvalue weighted by molar-refractivity contribution is 0.356. The molecule has 0 bridgehead atoms. The number of ether oxygens (including phenoxy) is 2. The van der Waals surface area contributed by atoms with Crippen molar-refractivity contribution in [1.29, 1.82) is 0 Å². The lowest BCUT2D eigenvalue weighted by Gasteiger charge is -2.16. The molecule has 127 valence electrons. The number of anilines is 2. The van der Waals surface area contributed by atoms with Crippen molar-refractivity contribution < 1.29 is 9.47 Å². The Morgan fingerprint density at radius 1 is 1.08 bits per heavy atom. The summed E-state index contributed by atoms with van der Waals surface area (Å²) in [5.74, 6) is 1.87. The second-order valence-electron chi connectivity index (χ2n) is 5.48. The van der Waals surface area contributed by atoms with E-state index in [1.54, 1.807) is 20.4 Å². The summed E-state index contributed by atoms with van der Waals surface area (Å²) in [7, 11) is 3.24. The van der Waals surface area contributed by atoms with E-state index >= 15 is 0 Å². The normalized spacial score (nSPS) is 10.5. The molecule has 0 aliphatic heterocycles. The van der Waals surface area contributed by atoms with Crippen molar-refractivity contribution >= 4 is 11.8 Å². The highest BCUT2D eigenvalue weighted by Crippen LogP contribution is 2.39. The van der Waals surface area contributed by atoms with E-state index in [0.29, 0.717) is 23.7 Å². The van der Waals surface area contributed by atoms with Gasteiger partial charge in [-0.25, -0.2) is 4.98 Å². The van der Waals surface area contributed by atoms with Crippen LogP contribution in [0.2, 0.25) is 0 Å². The van der Waals surface area contributed by atoms with E-state index < -0.39 is 0 Å². The maximum Gasteiger partial charge on any atom is 0.221 e. The van der Waals surface area contributed by atoms with Crippen LogP contribution in [0.4, 0.5) is 11.8 Å². The molecule has 6 heteroatoms. The molecule has 25 heavy (non-hydrogen) atoms. The number of nitrogens with zero attached hydrogens (tertiary/aromatic N) is 2. The zero-order valence-corrected chi connectivity index (χ0v) is 14.1. The predicted molar refractivity (Wildman–Crippen MR) is 97.5 cm³/mol. The Hall–Kier alpha value is -3.28. The Kier molecular flexibility index (Phi) is 4.70. The maximum atomic E-state index is 5.95. The largest absolute Gasteiger partial charge is 0.493 e. The Morgan fingerprint density at radius 2 is 1.84 bits per heavy atom. The fraction of sp³-hybridized carbons (Fsp3) is 0.158. The van der Waals surface area contributed by atoms with Gasteiger partial charge in [0.05, 0.1) is 14.2 Å². The van der Waals surface area contributed by atoms with Crippen molar-refractivity contribution in [1.82, 2.24) is 9.97 Å². The average molecular weight is 335 g/mol. The fourth-order valence-electron chi connectivity index (χ4n) is 2.69. The second kappa shape index (κ2) is 7.09. The van der Waals surface area contributed by atoms with Crippen LogP contribution >= 0.6 is 0 Å². The summed E-state index contributed by atoms with van der Waals surface area (Å²) in [6.07, 6.45) is 2.20. The second-order valence-corrected chi connectivity index (χ2v) is 5.48. The van der Waals surface area contributed by atoms with Crippen molar-refractivity contribution in [3.8, 4) is 22.6 Å². The summed E-state index contributed by atoms with van der Waals surface area (Å²) in [5, 5.41) is 0. The topological polar surface area (TPSA) is 96.3 Å². The summed E-state index contributed by atoms with van der Waals surface area (Å²) in [6.45, 7) is 0. The number of rotatable bonds is 5. The summed E-state index contributed by atoms with van der Waals surface area (Å²) >= 11 is 0. The molecule has 0 fully saturated rings. The van der Waals surface area contributed by atoms with E-state index in [1.807, 2.05) is 36.4 Å². The van der Waals surface area contributed by atoms with Gasteiger partial charge < -0.3 is 20.9 Å². The van der Waals surface area contributed by atoms with Crippen molar-refractivity contribution in [2.75, 3.05) is 25.7 Å². The van der Waals surface area contributed by atoms with Gasteiger partial charge in [0, 0.05) is 23.7 Å². The minimum atomic E-state index is 0.162. The van der Waals surface area contributed by atoms with E-state index in [0.717, 1.165) is 22.3 Å². The molecule has 0 atom stereocenters. The molecule has 0 unspecified atom stereocenters. The first-order valence-corrected chi connectivity index (χ1v) is 7.70. The summed E-state index contributed by atoms with van der Waals surface area (Å²) < 4.78 is 11.1. The smallest absolute Gasteiger partial charge is 0.221 e. The van der Waals surface area contributed by atoms with Gasteiger partial charge in [-0.05, 0) is 29.3 Å². The Bertz CT molecular complexity index is 882. The van der Waals surface area contributed by atoms with E-state index in [2.05, 4.69) is 16.0 Å². The van der Waals surface area contributed by atoms with Crippen LogP contribution in [0.3, 0.4) is 0 Å². The van der Waals surface area contributed by atoms with Gasteiger partial charge in [-0.2, -0.15) is 4.98 Å². The molecule has 0 amide bonds. The molecular formula is C19H19N4O2. The third-order valence-corrected chi connectivity index (χ3v) is 3.88. The summed E-state index contributed by atoms with van der Waals surface area (Å²) in [4.78, 5) is 8.03.